The van der Waals surface area contributed by atoms with Gasteiger partial charge in [0.05, 0.1) is 13.2 Å². The first-order valence-corrected chi connectivity index (χ1v) is 9.87. The van der Waals surface area contributed by atoms with Crippen LogP contribution in [0, 0.1) is 5.92 Å². The second-order valence-corrected chi connectivity index (χ2v) is 7.98. The molecule has 25 heavy (non-hydrogen) atoms. The summed E-state index contributed by atoms with van der Waals surface area (Å²) in [6.45, 7) is 4.76. The molecule has 7 nitrogen and oxygen atoms in total. The second kappa shape index (κ2) is 7.13. The Balaban J connectivity index is 1.71. The zero-order valence-corrected chi connectivity index (χ0v) is 15.3. The lowest BCUT2D eigenvalue weighted by molar-refractivity contribution is -0.131. The Bertz CT molecular complexity index is 785. The van der Waals surface area contributed by atoms with Gasteiger partial charge < -0.3 is 14.5 Å². The highest BCUT2D eigenvalue weighted by Crippen LogP contribution is 2.27. The van der Waals surface area contributed by atoms with Gasteiger partial charge in [0.25, 0.3) is 10.0 Å². The van der Waals surface area contributed by atoms with Crippen molar-refractivity contribution >= 4 is 21.8 Å². The van der Waals surface area contributed by atoms with Crippen LogP contribution in [0.5, 0.6) is 0 Å². The minimum absolute atomic E-state index is 0.0404. The molecule has 1 unspecified atom stereocenters. The molecule has 8 heteroatoms. The van der Waals surface area contributed by atoms with E-state index in [1.165, 1.54) is 6.07 Å². The van der Waals surface area contributed by atoms with E-state index < -0.39 is 10.0 Å². The van der Waals surface area contributed by atoms with Crippen molar-refractivity contribution in [2.24, 2.45) is 10.3 Å². The topological polar surface area (TPSA) is 79.3 Å². The predicted molar refractivity (Wildman–Crippen MR) is 94.0 cm³/mol. The minimum Gasteiger partial charge on any atom is -0.381 e. The van der Waals surface area contributed by atoms with Crippen LogP contribution in [-0.4, -0.2) is 69.9 Å². The predicted octanol–water partition coefficient (Wildman–Crippen LogP) is 0.952. The van der Waals surface area contributed by atoms with Gasteiger partial charge in [0, 0.05) is 38.2 Å². The van der Waals surface area contributed by atoms with Crippen molar-refractivity contribution < 1.29 is 17.9 Å². The van der Waals surface area contributed by atoms with Crippen molar-refractivity contribution in [1.29, 1.82) is 0 Å². The molecule has 2 heterocycles. The molecule has 1 atom stereocenters. The molecule has 0 saturated carbocycles. The average Bonchev–Trinajstić information content (AvgIpc) is 3.19. The SMILES string of the molecule is CCN(CC1CCOC1)C(=O)CN(C)C1=NS(=O)(=O)c2ccccc21. The van der Waals surface area contributed by atoms with Gasteiger partial charge in [-0.2, -0.15) is 8.42 Å². The molecule has 0 aromatic heterocycles. The van der Waals surface area contributed by atoms with E-state index in [-0.39, 0.29) is 17.3 Å². The third kappa shape index (κ3) is 3.69. The molecule has 1 amide bonds. The van der Waals surface area contributed by atoms with Gasteiger partial charge in [0.15, 0.2) is 5.84 Å². The van der Waals surface area contributed by atoms with Gasteiger partial charge in [-0.1, -0.05) is 12.1 Å². The number of benzene rings is 1. The van der Waals surface area contributed by atoms with E-state index >= 15 is 0 Å². The largest absolute Gasteiger partial charge is 0.381 e. The summed E-state index contributed by atoms with van der Waals surface area (Å²) >= 11 is 0. The maximum atomic E-state index is 12.6. The zero-order valence-electron chi connectivity index (χ0n) is 14.5. The third-order valence-electron chi connectivity index (χ3n) is 4.58. The molecule has 1 saturated heterocycles. The van der Waals surface area contributed by atoms with Crippen LogP contribution in [0.3, 0.4) is 0 Å². The Morgan fingerprint density at radius 1 is 1.36 bits per heavy atom. The van der Waals surface area contributed by atoms with E-state index in [9.17, 15) is 13.2 Å². The van der Waals surface area contributed by atoms with Crippen molar-refractivity contribution in [1.82, 2.24) is 9.80 Å². The van der Waals surface area contributed by atoms with Crippen molar-refractivity contribution in [3.05, 3.63) is 29.8 Å². The summed E-state index contributed by atoms with van der Waals surface area (Å²) in [6, 6.07) is 6.69. The quantitative estimate of drug-likeness (QED) is 0.776. The summed E-state index contributed by atoms with van der Waals surface area (Å²) in [7, 11) is -1.98. The van der Waals surface area contributed by atoms with Crippen LogP contribution in [0.2, 0.25) is 0 Å². The summed E-state index contributed by atoms with van der Waals surface area (Å²) in [6.07, 6.45) is 0.970. The summed E-state index contributed by atoms with van der Waals surface area (Å²) in [5, 5.41) is 0. The molecule has 2 aliphatic rings. The molecule has 1 aromatic rings. The third-order valence-corrected chi connectivity index (χ3v) is 5.91. The van der Waals surface area contributed by atoms with Crippen LogP contribution in [0.25, 0.3) is 0 Å². The number of hydrogen-bond acceptors (Lipinski definition) is 5. The fourth-order valence-corrected chi connectivity index (χ4v) is 4.44. The van der Waals surface area contributed by atoms with Crippen LogP contribution in [0.15, 0.2) is 33.6 Å². The standard InChI is InChI=1S/C17H23N3O4S/c1-3-20(10-13-8-9-24-12-13)16(21)11-19(2)17-14-6-4-5-7-15(14)25(22,23)18-17/h4-7,13H,3,8-12H2,1-2H3. The number of carbonyl (C=O) groups excluding carboxylic acids is 1. The first-order valence-electron chi connectivity index (χ1n) is 8.43. The van der Waals surface area contributed by atoms with E-state index in [4.69, 9.17) is 4.74 Å². The molecule has 136 valence electrons. The maximum absolute atomic E-state index is 12.6. The lowest BCUT2D eigenvalue weighted by Crippen LogP contribution is -2.43. The van der Waals surface area contributed by atoms with Gasteiger partial charge in [-0.25, -0.2) is 0 Å². The highest BCUT2D eigenvalue weighted by atomic mass is 32.2. The molecule has 3 rings (SSSR count). The van der Waals surface area contributed by atoms with Gasteiger partial charge in [0.1, 0.15) is 4.90 Å². The Hall–Kier alpha value is -1.93. The van der Waals surface area contributed by atoms with E-state index in [2.05, 4.69) is 4.40 Å². The van der Waals surface area contributed by atoms with Gasteiger partial charge in [-0.05, 0) is 25.5 Å². The molecule has 1 aromatic carbocycles. The number of amides is 1. The van der Waals surface area contributed by atoms with E-state index in [0.717, 1.165) is 13.0 Å². The zero-order chi connectivity index (χ0) is 18.0. The number of hydrogen-bond donors (Lipinski definition) is 0. The molecular formula is C17H23N3O4S. The fraction of sp³-hybridized carbons (Fsp3) is 0.529. The lowest BCUT2D eigenvalue weighted by atomic mass is 10.1. The Morgan fingerprint density at radius 2 is 2.12 bits per heavy atom. The maximum Gasteiger partial charge on any atom is 0.285 e. The summed E-state index contributed by atoms with van der Waals surface area (Å²) < 4.78 is 33.5. The van der Waals surface area contributed by atoms with Crippen molar-refractivity contribution in [2.45, 2.75) is 18.2 Å². The summed E-state index contributed by atoms with van der Waals surface area (Å²) in [4.78, 5) is 16.2. The van der Waals surface area contributed by atoms with E-state index in [1.807, 2.05) is 6.92 Å². The number of likely N-dealkylation sites (N-methyl/N-ethyl adjacent to an activating group) is 2. The first-order chi connectivity index (χ1) is 11.9. The first kappa shape index (κ1) is 17.9. The molecule has 0 radical (unpaired) electrons. The van der Waals surface area contributed by atoms with Gasteiger partial charge >= 0.3 is 0 Å². The van der Waals surface area contributed by atoms with Crippen LogP contribution >= 0.6 is 0 Å². The molecule has 1 fully saturated rings. The average molecular weight is 365 g/mol. The summed E-state index contributed by atoms with van der Waals surface area (Å²) in [5.41, 5.74) is 0.546. The number of ether oxygens (including phenoxy) is 1. The fourth-order valence-electron chi connectivity index (χ4n) is 3.19. The number of nitrogens with zero attached hydrogens (tertiary/aromatic N) is 3. The highest BCUT2D eigenvalue weighted by molar-refractivity contribution is 7.90. The molecule has 0 spiro atoms. The number of fused-ring (bicyclic) bond motifs is 1. The monoisotopic (exact) mass is 365 g/mol. The second-order valence-electron chi connectivity index (χ2n) is 6.40. The Morgan fingerprint density at radius 3 is 2.80 bits per heavy atom. The van der Waals surface area contributed by atoms with Gasteiger partial charge in [-0.15, -0.1) is 4.40 Å². The van der Waals surface area contributed by atoms with Crippen LogP contribution in [-0.2, 0) is 19.6 Å². The molecule has 0 bridgehead atoms. The number of amidine groups is 1. The summed E-state index contributed by atoms with van der Waals surface area (Å²) in [5.74, 6) is 0.657. The number of rotatable bonds is 5. The minimum atomic E-state index is -3.68. The molecule has 0 N–H and O–H groups in total. The van der Waals surface area contributed by atoms with Crippen molar-refractivity contribution in [3.63, 3.8) is 0 Å². The van der Waals surface area contributed by atoms with Gasteiger partial charge in [-0.3, -0.25) is 4.79 Å². The number of sulfonamides is 1. The van der Waals surface area contributed by atoms with E-state index in [1.54, 1.807) is 35.0 Å². The van der Waals surface area contributed by atoms with Crippen LogP contribution in [0.4, 0.5) is 0 Å². The van der Waals surface area contributed by atoms with Crippen LogP contribution in [0.1, 0.15) is 18.9 Å². The number of carbonyl (C=O) groups is 1. The lowest BCUT2D eigenvalue weighted by Gasteiger charge is -2.27. The molecular weight excluding hydrogens is 342 g/mol. The molecule has 2 aliphatic heterocycles. The Labute approximate surface area is 148 Å². The highest BCUT2D eigenvalue weighted by Gasteiger charge is 2.31. The van der Waals surface area contributed by atoms with Crippen molar-refractivity contribution in [3.8, 4) is 0 Å². The normalized spacial score (nSPS) is 20.9. The Kier molecular flexibility index (Phi) is 5.10. The van der Waals surface area contributed by atoms with Crippen molar-refractivity contribution in [2.75, 3.05) is 39.9 Å². The molecule has 0 aliphatic carbocycles. The smallest absolute Gasteiger partial charge is 0.285 e. The van der Waals surface area contributed by atoms with E-state index in [0.29, 0.717) is 37.0 Å². The van der Waals surface area contributed by atoms with Crippen LogP contribution < -0.4 is 0 Å². The van der Waals surface area contributed by atoms with Gasteiger partial charge in [0.2, 0.25) is 5.91 Å².